The highest BCUT2D eigenvalue weighted by atomic mass is 16.6. The van der Waals surface area contributed by atoms with Crippen LogP contribution in [0.25, 0.3) is 0 Å². The van der Waals surface area contributed by atoms with Crippen molar-refractivity contribution in [3.8, 4) is 5.75 Å². The molecule has 0 aromatic heterocycles. The maximum atomic E-state index is 12.0. The van der Waals surface area contributed by atoms with E-state index < -0.39 is 0 Å². The molecule has 0 aliphatic heterocycles. The van der Waals surface area contributed by atoms with Crippen LogP contribution in [0, 0.1) is 5.92 Å². The Kier molecular flexibility index (Phi) is 26.8. The lowest BCUT2D eigenvalue weighted by molar-refractivity contribution is -0.150. The number of rotatable bonds is 31. The molecule has 1 aromatic rings. The first-order valence-corrected chi connectivity index (χ1v) is 16.5. The Bertz CT molecular complexity index is 712. The minimum absolute atomic E-state index is 0.00526. The van der Waals surface area contributed by atoms with Gasteiger partial charge in [0.05, 0.1) is 72.0 Å². The third-order valence-corrected chi connectivity index (χ3v) is 6.93. The molecule has 8 heteroatoms. The molecule has 1 rings (SSSR count). The lowest BCUT2D eigenvalue weighted by Crippen LogP contribution is -2.20. The summed E-state index contributed by atoms with van der Waals surface area (Å²) in [4.78, 5) is 12.0. The highest BCUT2D eigenvalue weighted by molar-refractivity contribution is 5.72. The molecule has 1 aromatic carbocycles. The second kappa shape index (κ2) is 29.4. The van der Waals surface area contributed by atoms with Gasteiger partial charge in [-0.15, -0.1) is 0 Å². The summed E-state index contributed by atoms with van der Waals surface area (Å²) in [6.07, 6.45) is 13.0. The highest BCUT2D eigenvalue weighted by Crippen LogP contribution is 2.16. The monoisotopic (exact) mass is 596 g/mol. The maximum absolute atomic E-state index is 12.0. The fourth-order valence-electron chi connectivity index (χ4n) is 4.32. The number of ether oxygens (including phenoxy) is 7. The molecule has 0 spiro atoms. The van der Waals surface area contributed by atoms with Gasteiger partial charge in [-0.25, -0.2) is 0 Å². The summed E-state index contributed by atoms with van der Waals surface area (Å²) in [6.45, 7) is 12.2. The van der Waals surface area contributed by atoms with E-state index in [0.717, 1.165) is 37.9 Å². The largest absolute Gasteiger partial charge is 0.491 e. The van der Waals surface area contributed by atoms with Crippen LogP contribution in [0.5, 0.6) is 5.75 Å². The summed E-state index contributed by atoms with van der Waals surface area (Å²) in [5.74, 6) is 0.779. The summed E-state index contributed by atoms with van der Waals surface area (Å²) in [5.41, 5.74) is 1.38. The molecule has 0 saturated carbocycles. The van der Waals surface area contributed by atoms with E-state index in [1.807, 2.05) is 19.1 Å². The van der Waals surface area contributed by atoms with Gasteiger partial charge in [0.15, 0.2) is 0 Å². The van der Waals surface area contributed by atoms with Crippen LogP contribution >= 0.6 is 0 Å². The zero-order chi connectivity index (χ0) is 30.4. The van der Waals surface area contributed by atoms with Crippen LogP contribution < -0.4 is 4.74 Å². The molecule has 0 aliphatic rings. The molecule has 0 bridgehead atoms. The van der Waals surface area contributed by atoms with Crippen LogP contribution in [0.1, 0.15) is 90.5 Å². The number of carbonyl (C=O) groups is 1. The Labute approximate surface area is 256 Å². The smallest absolute Gasteiger partial charge is 0.308 e. The van der Waals surface area contributed by atoms with Crippen LogP contribution in [-0.4, -0.2) is 85.3 Å². The number of aryl methyl sites for hydroxylation is 1. The predicted molar refractivity (Wildman–Crippen MR) is 167 cm³/mol. The van der Waals surface area contributed by atoms with E-state index in [1.165, 1.54) is 44.1 Å². The second-order valence-electron chi connectivity index (χ2n) is 10.5. The number of unbranched alkanes of at least 4 members (excludes halogenated alkanes) is 6. The molecule has 8 nitrogen and oxygen atoms in total. The van der Waals surface area contributed by atoms with Crippen molar-refractivity contribution in [3.05, 3.63) is 29.8 Å². The van der Waals surface area contributed by atoms with Crippen molar-refractivity contribution < 1.29 is 38.0 Å². The Hall–Kier alpha value is -1.71. The number of hydrogen-bond acceptors (Lipinski definition) is 8. The Morgan fingerprint density at radius 2 is 1.05 bits per heavy atom. The third kappa shape index (κ3) is 22.8. The molecular weight excluding hydrogens is 536 g/mol. The molecule has 0 aliphatic carbocycles. The zero-order valence-electron chi connectivity index (χ0n) is 26.9. The molecule has 0 N–H and O–H groups in total. The normalized spacial score (nSPS) is 12.0. The minimum atomic E-state index is -0.111. The molecule has 1 unspecified atom stereocenters. The lowest BCUT2D eigenvalue weighted by Gasteiger charge is -2.13. The summed E-state index contributed by atoms with van der Waals surface area (Å²) in [5, 5.41) is 0. The molecule has 0 heterocycles. The SMILES string of the molecule is CCCCCCCCc1ccc(OCCOCCOCCOCCOCCOCCOC(=O)C(CC)CCCC)cc1. The topological polar surface area (TPSA) is 81.7 Å². The first-order chi connectivity index (χ1) is 20.7. The molecular formula is C34H60O8. The zero-order valence-corrected chi connectivity index (χ0v) is 26.9. The molecule has 244 valence electrons. The number of carbonyl (C=O) groups excluding carboxylic acids is 1. The van der Waals surface area contributed by atoms with Crippen LogP contribution in [0.15, 0.2) is 24.3 Å². The van der Waals surface area contributed by atoms with E-state index >= 15 is 0 Å². The van der Waals surface area contributed by atoms with Crippen LogP contribution in [0.3, 0.4) is 0 Å². The maximum Gasteiger partial charge on any atom is 0.308 e. The van der Waals surface area contributed by atoms with Crippen molar-refractivity contribution in [1.29, 1.82) is 0 Å². The van der Waals surface area contributed by atoms with Crippen molar-refractivity contribution in [1.82, 2.24) is 0 Å². The summed E-state index contributed by atoms with van der Waals surface area (Å²) < 4.78 is 38.6. The van der Waals surface area contributed by atoms with E-state index in [-0.39, 0.29) is 18.5 Å². The van der Waals surface area contributed by atoms with Gasteiger partial charge >= 0.3 is 5.97 Å². The summed E-state index contributed by atoms with van der Waals surface area (Å²) in [7, 11) is 0. The van der Waals surface area contributed by atoms with Gasteiger partial charge in [-0.3, -0.25) is 4.79 Å². The van der Waals surface area contributed by atoms with Gasteiger partial charge in [-0.2, -0.15) is 0 Å². The lowest BCUT2D eigenvalue weighted by atomic mass is 10.00. The standard InChI is InChI=1S/C34H60O8/c1-4-7-9-10-11-12-13-31-15-17-33(18-16-31)41-29-27-39-25-23-37-21-19-36-20-22-38-24-26-40-28-30-42-34(35)32(6-3)14-8-5-2/h15-18,32H,4-14,19-30H2,1-3H3. The quantitative estimate of drug-likeness (QED) is 0.0683. The van der Waals surface area contributed by atoms with Crippen LogP contribution in [0.2, 0.25) is 0 Å². The van der Waals surface area contributed by atoms with Gasteiger partial charge in [0, 0.05) is 0 Å². The van der Waals surface area contributed by atoms with E-state index in [4.69, 9.17) is 33.2 Å². The number of esters is 1. The van der Waals surface area contributed by atoms with Crippen molar-refractivity contribution >= 4 is 5.97 Å². The molecule has 42 heavy (non-hydrogen) atoms. The van der Waals surface area contributed by atoms with E-state index in [2.05, 4.69) is 26.0 Å². The van der Waals surface area contributed by atoms with Crippen LogP contribution in [0.4, 0.5) is 0 Å². The molecule has 0 radical (unpaired) electrons. The Morgan fingerprint density at radius 1 is 0.571 bits per heavy atom. The van der Waals surface area contributed by atoms with E-state index in [9.17, 15) is 4.79 Å². The van der Waals surface area contributed by atoms with Crippen molar-refractivity contribution in [3.63, 3.8) is 0 Å². The van der Waals surface area contributed by atoms with Crippen molar-refractivity contribution in [2.75, 3.05) is 79.3 Å². The first-order valence-electron chi connectivity index (χ1n) is 16.5. The van der Waals surface area contributed by atoms with Gasteiger partial charge in [0.1, 0.15) is 19.0 Å². The van der Waals surface area contributed by atoms with Gasteiger partial charge in [0.2, 0.25) is 0 Å². The van der Waals surface area contributed by atoms with Crippen LogP contribution in [-0.2, 0) is 39.6 Å². The average molecular weight is 597 g/mol. The molecule has 0 amide bonds. The van der Waals surface area contributed by atoms with E-state index in [1.54, 1.807) is 0 Å². The summed E-state index contributed by atoms with van der Waals surface area (Å²) >= 11 is 0. The predicted octanol–water partition coefficient (Wildman–Crippen LogP) is 6.81. The number of hydrogen-bond donors (Lipinski definition) is 0. The first kappa shape index (κ1) is 38.3. The second-order valence-corrected chi connectivity index (χ2v) is 10.5. The fourth-order valence-corrected chi connectivity index (χ4v) is 4.32. The van der Waals surface area contributed by atoms with Gasteiger partial charge < -0.3 is 33.2 Å². The van der Waals surface area contributed by atoms with Gasteiger partial charge in [0.25, 0.3) is 0 Å². The molecule has 0 fully saturated rings. The van der Waals surface area contributed by atoms with Crippen molar-refractivity contribution in [2.45, 2.75) is 91.4 Å². The Balaban J connectivity index is 1.80. The summed E-state index contributed by atoms with van der Waals surface area (Å²) in [6, 6.07) is 8.43. The number of benzene rings is 1. The fraction of sp³-hybridized carbons (Fsp3) is 0.794. The average Bonchev–Trinajstić information content (AvgIpc) is 3.01. The molecule has 1 atom stereocenters. The van der Waals surface area contributed by atoms with Crippen molar-refractivity contribution in [2.24, 2.45) is 5.92 Å². The van der Waals surface area contributed by atoms with Gasteiger partial charge in [-0.1, -0.05) is 77.8 Å². The van der Waals surface area contributed by atoms with Gasteiger partial charge in [-0.05, 0) is 43.4 Å². The highest BCUT2D eigenvalue weighted by Gasteiger charge is 2.16. The molecule has 0 saturated heterocycles. The third-order valence-electron chi connectivity index (χ3n) is 6.93. The van der Waals surface area contributed by atoms with E-state index in [0.29, 0.717) is 72.7 Å². The minimum Gasteiger partial charge on any atom is -0.491 e. The Morgan fingerprint density at radius 3 is 1.57 bits per heavy atom.